The van der Waals surface area contributed by atoms with Gasteiger partial charge in [-0.15, -0.1) is 0 Å². The van der Waals surface area contributed by atoms with E-state index < -0.39 is 7.12 Å². The number of furan rings is 1. The van der Waals surface area contributed by atoms with Crippen LogP contribution in [0.3, 0.4) is 0 Å². The van der Waals surface area contributed by atoms with Gasteiger partial charge in [0, 0.05) is 12.5 Å². The fourth-order valence-electron chi connectivity index (χ4n) is 2.67. The predicted octanol–water partition coefficient (Wildman–Crippen LogP) is 2.47. The molecule has 0 radical (unpaired) electrons. The van der Waals surface area contributed by atoms with Crippen molar-refractivity contribution in [2.24, 2.45) is 0 Å². The second-order valence-electron chi connectivity index (χ2n) is 6.78. The van der Waals surface area contributed by atoms with Gasteiger partial charge < -0.3 is 18.5 Å². The van der Waals surface area contributed by atoms with Crippen molar-refractivity contribution in [2.75, 3.05) is 13.2 Å². The first-order chi connectivity index (χ1) is 9.39. The molecule has 2 aliphatic heterocycles. The molecule has 1 aromatic heterocycles. The van der Waals surface area contributed by atoms with Crippen LogP contribution in [0, 0.1) is 0 Å². The SMILES string of the molecule is CC1(C)OB(c2cc(C3CCCOC3)co2)OC1(C)C. The van der Waals surface area contributed by atoms with Crippen molar-refractivity contribution in [1.82, 2.24) is 0 Å². The highest BCUT2D eigenvalue weighted by molar-refractivity contribution is 6.60. The van der Waals surface area contributed by atoms with Crippen LogP contribution in [-0.2, 0) is 14.0 Å². The summed E-state index contributed by atoms with van der Waals surface area (Å²) in [6.07, 6.45) is 4.09. The lowest BCUT2D eigenvalue weighted by atomic mass is 9.84. The van der Waals surface area contributed by atoms with Crippen LogP contribution < -0.4 is 5.66 Å². The lowest BCUT2D eigenvalue weighted by Gasteiger charge is -2.32. The van der Waals surface area contributed by atoms with Gasteiger partial charge in [-0.2, -0.15) is 0 Å². The van der Waals surface area contributed by atoms with Crippen LogP contribution in [0.4, 0.5) is 0 Å². The first-order valence-electron chi connectivity index (χ1n) is 7.41. The molecule has 0 aliphatic carbocycles. The highest BCUT2D eigenvalue weighted by atomic mass is 16.7. The molecule has 5 heteroatoms. The Hall–Kier alpha value is -0.775. The Bertz CT molecular complexity index is 458. The van der Waals surface area contributed by atoms with Crippen LogP contribution >= 0.6 is 0 Å². The molecular formula is C15H23BO4. The van der Waals surface area contributed by atoms with E-state index >= 15 is 0 Å². The van der Waals surface area contributed by atoms with Crippen molar-refractivity contribution < 1.29 is 18.5 Å². The third-order valence-corrected chi connectivity index (χ3v) is 4.76. The van der Waals surface area contributed by atoms with E-state index in [-0.39, 0.29) is 11.2 Å². The van der Waals surface area contributed by atoms with Gasteiger partial charge in [0.25, 0.3) is 0 Å². The topological polar surface area (TPSA) is 40.8 Å². The normalized spacial score (nSPS) is 28.8. The molecule has 3 rings (SSSR count). The minimum atomic E-state index is -0.418. The Kier molecular flexibility index (Phi) is 3.47. The van der Waals surface area contributed by atoms with Crippen molar-refractivity contribution in [2.45, 2.75) is 57.7 Å². The summed E-state index contributed by atoms with van der Waals surface area (Å²) in [5, 5.41) is 0. The number of ether oxygens (including phenoxy) is 1. The summed E-state index contributed by atoms with van der Waals surface area (Å²) in [5.74, 6) is 0.434. The quantitative estimate of drug-likeness (QED) is 0.779. The van der Waals surface area contributed by atoms with E-state index in [1.165, 1.54) is 5.56 Å². The second kappa shape index (κ2) is 4.90. The van der Waals surface area contributed by atoms with Crippen LogP contribution in [0.1, 0.15) is 52.0 Å². The Morgan fingerprint density at radius 2 is 1.85 bits per heavy atom. The zero-order valence-corrected chi connectivity index (χ0v) is 12.8. The fourth-order valence-corrected chi connectivity index (χ4v) is 2.67. The number of rotatable bonds is 2. The molecule has 110 valence electrons. The highest BCUT2D eigenvalue weighted by Gasteiger charge is 2.53. The maximum absolute atomic E-state index is 6.00. The van der Waals surface area contributed by atoms with Gasteiger partial charge in [0.05, 0.1) is 24.1 Å². The summed E-state index contributed by atoms with van der Waals surface area (Å²) >= 11 is 0. The third kappa shape index (κ3) is 2.43. The van der Waals surface area contributed by atoms with E-state index in [4.69, 9.17) is 18.5 Å². The summed E-state index contributed by atoms with van der Waals surface area (Å²) in [6, 6.07) is 2.06. The fraction of sp³-hybridized carbons (Fsp3) is 0.733. The Morgan fingerprint density at radius 1 is 1.15 bits per heavy atom. The van der Waals surface area contributed by atoms with Gasteiger partial charge in [0.1, 0.15) is 5.66 Å². The molecule has 2 aliphatic rings. The monoisotopic (exact) mass is 278 g/mol. The van der Waals surface area contributed by atoms with Crippen LogP contribution in [0.15, 0.2) is 16.7 Å². The molecule has 2 saturated heterocycles. The molecule has 0 saturated carbocycles. The molecule has 0 aromatic carbocycles. The van der Waals surface area contributed by atoms with Gasteiger partial charge in [-0.25, -0.2) is 0 Å². The van der Waals surface area contributed by atoms with Crippen molar-refractivity contribution in [3.05, 3.63) is 17.9 Å². The third-order valence-electron chi connectivity index (χ3n) is 4.76. The zero-order valence-electron chi connectivity index (χ0n) is 12.8. The largest absolute Gasteiger partial charge is 0.532 e. The molecule has 0 spiro atoms. The minimum Gasteiger partial charge on any atom is -0.473 e. The molecule has 0 N–H and O–H groups in total. The average Bonchev–Trinajstić information content (AvgIpc) is 2.94. The van der Waals surface area contributed by atoms with Crippen molar-refractivity contribution in [3.8, 4) is 0 Å². The van der Waals surface area contributed by atoms with Crippen molar-refractivity contribution in [3.63, 3.8) is 0 Å². The van der Waals surface area contributed by atoms with Gasteiger partial charge in [-0.3, -0.25) is 0 Å². The Morgan fingerprint density at radius 3 is 2.45 bits per heavy atom. The standard InChI is InChI=1S/C15H23BO4/c1-14(2)15(3,4)20-16(19-14)13-8-12(10-18-13)11-6-5-7-17-9-11/h8,10-11H,5-7,9H2,1-4H3. The first-order valence-corrected chi connectivity index (χ1v) is 7.41. The van der Waals surface area contributed by atoms with Gasteiger partial charge in [0.15, 0.2) is 0 Å². The van der Waals surface area contributed by atoms with E-state index in [1.807, 2.05) is 34.0 Å². The predicted molar refractivity (Wildman–Crippen MR) is 77.2 cm³/mol. The first kappa shape index (κ1) is 14.2. The lowest BCUT2D eigenvalue weighted by Crippen LogP contribution is -2.41. The maximum Gasteiger partial charge on any atom is 0.532 e. The molecule has 1 atom stereocenters. The molecule has 0 amide bonds. The van der Waals surface area contributed by atoms with E-state index in [0.717, 1.165) is 31.7 Å². The van der Waals surface area contributed by atoms with Crippen molar-refractivity contribution >= 4 is 12.8 Å². The van der Waals surface area contributed by atoms with Crippen LogP contribution in [0.2, 0.25) is 0 Å². The molecule has 2 fully saturated rings. The maximum atomic E-state index is 6.00. The van der Waals surface area contributed by atoms with Crippen LogP contribution in [0.5, 0.6) is 0 Å². The summed E-state index contributed by atoms with van der Waals surface area (Å²) in [4.78, 5) is 0. The molecule has 3 heterocycles. The van der Waals surface area contributed by atoms with E-state index in [0.29, 0.717) is 5.92 Å². The van der Waals surface area contributed by atoms with Gasteiger partial charge in [0.2, 0.25) is 0 Å². The van der Waals surface area contributed by atoms with Crippen LogP contribution in [-0.4, -0.2) is 31.5 Å². The molecule has 0 bridgehead atoms. The number of hydrogen-bond donors (Lipinski definition) is 0. The molecular weight excluding hydrogens is 255 g/mol. The number of hydrogen-bond acceptors (Lipinski definition) is 4. The average molecular weight is 278 g/mol. The van der Waals surface area contributed by atoms with E-state index in [2.05, 4.69) is 6.07 Å². The summed E-state index contributed by atoms with van der Waals surface area (Å²) in [5.41, 5.74) is 1.27. The van der Waals surface area contributed by atoms with Gasteiger partial charge in [-0.05, 0) is 52.2 Å². The highest BCUT2D eigenvalue weighted by Crippen LogP contribution is 2.37. The smallest absolute Gasteiger partial charge is 0.473 e. The molecule has 1 unspecified atom stereocenters. The summed E-state index contributed by atoms with van der Waals surface area (Å²) < 4.78 is 23.2. The van der Waals surface area contributed by atoms with E-state index in [9.17, 15) is 0 Å². The zero-order chi connectivity index (χ0) is 14.4. The second-order valence-corrected chi connectivity index (χ2v) is 6.78. The molecule has 20 heavy (non-hydrogen) atoms. The van der Waals surface area contributed by atoms with E-state index in [1.54, 1.807) is 0 Å². The Labute approximate surface area is 120 Å². The minimum absolute atomic E-state index is 0.335. The molecule has 1 aromatic rings. The Balaban J connectivity index is 1.74. The van der Waals surface area contributed by atoms with Gasteiger partial charge >= 0.3 is 7.12 Å². The summed E-state index contributed by atoms with van der Waals surface area (Å²) in [7, 11) is -0.418. The molecule has 4 nitrogen and oxygen atoms in total. The van der Waals surface area contributed by atoms with Crippen LogP contribution in [0.25, 0.3) is 0 Å². The van der Waals surface area contributed by atoms with Crippen molar-refractivity contribution in [1.29, 1.82) is 0 Å². The van der Waals surface area contributed by atoms with Gasteiger partial charge in [-0.1, -0.05) is 0 Å². The lowest BCUT2D eigenvalue weighted by molar-refractivity contribution is 0.00578. The summed E-state index contributed by atoms with van der Waals surface area (Å²) in [6.45, 7) is 9.84.